The van der Waals surface area contributed by atoms with Gasteiger partial charge in [-0.05, 0) is 36.6 Å². The van der Waals surface area contributed by atoms with Crippen molar-refractivity contribution in [2.75, 3.05) is 32.8 Å². The molecule has 0 spiro atoms. The highest BCUT2D eigenvalue weighted by Gasteiger charge is 2.23. The van der Waals surface area contributed by atoms with Crippen molar-refractivity contribution in [2.24, 2.45) is 0 Å². The zero-order valence-corrected chi connectivity index (χ0v) is 16.6. The van der Waals surface area contributed by atoms with E-state index in [1.807, 2.05) is 35.2 Å². The normalized spacial score (nSPS) is 14.0. The summed E-state index contributed by atoms with van der Waals surface area (Å²) in [4.78, 5) is 28.3. The van der Waals surface area contributed by atoms with E-state index in [1.54, 1.807) is 23.1 Å². The maximum absolute atomic E-state index is 13.7. The Morgan fingerprint density at radius 3 is 2.07 bits per heavy atom. The lowest BCUT2D eigenvalue weighted by Crippen LogP contribution is -2.50. The topological polar surface area (TPSA) is 49.9 Å². The van der Waals surface area contributed by atoms with Crippen LogP contribution in [-0.4, -0.2) is 54.4 Å². The van der Waals surface area contributed by atoms with Crippen molar-refractivity contribution in [3.63, 3.8) is 0 Å². The number of halogens is 1. The van der Waals surface area contributed by atoms with Gasteiger partial charge >= 0.3 is 0 Å². The van der Waals surface area contributed by atoms with Crippen LogP contribution in [0.3, 0.4) is 0 Å². The number of rotatable bonds is 8. The predicted octanol–water partition coefficient (Wildman–Crippen LogP) is 3.29. The van der Waals surface area contributed by atoms with Gasteiger partial charge in [0.2, 0.25) is 11.8 Å². The fourth-order valence-corrected chi connectivity index (χ4v) is 3.39. The quantitative estimate of drug-likeness (QED) is 0.641. The van der Waals surface area contributed by atoms with E-state index in [0.717, 1.165) is 5.75 Å². The molecule has 154 valence electrons. The van der Waals surface area contributed by atoms with Gasteiger partial charge in [-0.25, -0.2) is 4.39 Å². The van der Waals surface area contributed by atoms with E-state index in [4.69, 9.17) is 4.74 Å². The molecule has 6 heteroatoms. The molecule has 0 saturated carbocycles. The lowest BCUT2D eigenvalue weighted by atomic mass is 10.1. The van der Waals surface area contributed by atoms with Gasteiger partial charge in [-0.1, -0.05) is 36.4 Å². The number of carbonyl (C=O) groups excluding carboxylic acids is 2. The molecule has 1 heterocycles. The molecule has 2 aromatic rings. The number of nitrogens with zero attached hydrogens (tertiary/aromatic N) is 2. The third-order valence-electron chi connectivity index (χ3n) is 5.10. The average molecular weight is 398 g/mol. The summed E-state index contributed by atoms with van der Waals surface area (Å²) in [6.07, 6.45) is 1.78. The molecule has 0 aromatic heterocycles. The molecule has 0 bridgehead atoms. The van der Waals surface area contributed by atoms with Crippen molar-refractivity contribution < 1.29 is 18.7 Å². The summed E-state index contributed by atoms with van der Waals surface area (Å²) in [6.45, 7) is 2.66. The average Bonchev–Trinajstić information content (AvgIpc) is 2.76. The molecule has 1 aliphatic heterocycles. The maximum Gasteiger partial charge on any atom is 0.223 e. The standard InChI is InChI=1S/C23H27FN2O3/c24-21-10-5-4-7-19(21)12-13-23(28)26-16-14-25(15-17-26)22(27)11-6-18-29-20-8-2-1-3-9-20/h1-5,7-10H,6,11-18H2. The van der Waals surface area contributed by atoms with E-state index in [-0.39, 0.29) is 24.1 Å². The molecular formula is C23H27FN2O3. The van der Waals surface area contributed by atoms with Crippen molar-refractivity contribution in [3.05, 3.63) is 66.0 Å². The molecule has 5 nitrogen and oxygen atoms in total. The monoisotopic (exact) mass is 398 g/mol. The van der Waals surface area contributed by atoms with Crippen LogP contribution in [0.4, 0.5) is 4.39 Å². The van der Waals surface area contributed by atoms with Crippen molar-refractivity contribution >= 4 is 11.8 Å². The second kappa shape index (κ2) is 10.6. The molecule has 0 N–H and O–H groups in total. The largest absolute Gasteiger partial charge is 0.494 e. The third-order valence-corrected chi connectivity index (χ3v) is 5.10. The highest BCUT2D eigenvalue weighted by Crippen LogP contribution is 2.13. The first-order valence-electron chi connectivity index (χ1n) is 10.1. The summed E-state index contributed by atoms with van der Waals surface area (Å²) >= 11 is 0. The maximum atomic E-state index is 13.7. The third kappa shape index (κ3) is 6.31. The summed E-state index contributed by atoms with van der Waals surface area (Å²) in [6, 6.07) is 16.1. The van der Waals surface area contributed by atoms with Crippen LogP contribution in [0.5, 0.6) is 5.75 Å². The van der Waals surface area contributed by atoms with E-state index in [2.05, 4.69) is 0 Å². The fourth-order valence-electron chi connectivity index (χ4n) is 3.39. The number of aryl methyl sites for hydroxylation is 1. The van der Waals surface area contributed by atoms with Crippen molar-refractivity contribution in [2.45, 2.75) is 25.7 Å². The van der Waals surface area contributed by atoms with Crippen LogP contribution >= 0.6 is 0 Å². The number of benzene rings is 2. The van der Waals surface area contributed by atoms with Gasteiger partial charge in [-0.3, -0.25) is 9.59 Å². The summed E-state index contributed by atoms with van der Waals surface area (Å²) in [5.41, 5.74) is 0.562. The zero-order valence-electron chi connectivity index (χ0n) is 16.6. The number of hydrogen-bond donors (Lipinski definition) is 0. The van der Waals surface area contributed by atoms with Gasteiger partial charge < -0.3 is 14.5 Å². The Morgan fingerprint density at radius 1 is 0.828 bits per heavy atom. The highest BCUT2D eigenvalue weighted by molar-refractivity contribution is 5.78. The van der Waals surface area contributed by atoms with Gasteiger partial charge in [-0.2, -0.15) is 0 Å². The van der Waals surface area contributed by atoms with Gasteiger partial charge in [0.1, 0.15) is 11.6 Å². The number of amides is 2. The van der Waals surface area contributed by atoms with Gasteiger partial charge in [-0.15, -0.1) is 0 Å². The lowest BCUT2D eigenvalue weighted by molar-refractivity contribution is -0.139. The molecule has 0 atom stereocenters. The Labute approximate surface area is 171 Å². The Bertz CT molecular complexity index is 805. The SMILES string of the molecule is O=C(CCCOc1ccccc1)N1CCN(C(=O)CCc2ccccc2F)CC1. The number of para-hydroxylation sites is 1. The van der Waals surface area contributed by atoms with Gasteiger partial charge in [0.05, 0.1) is 6.61 Å². The van der Waals surface area contributed by atoms with Crippen LogP contribution in [0, 0.1) is 5.82 Å². The van der Waals surface area contributed by atoms with Crippen LogP contribution in [-0.2, 0) is 16.0 Å². The van der Waals surface area contributed by atoms with E-state index >= 15 is 0 Å². The van der Waals surface area contributed by atoms with Crippen LogP contribution in [0.2, 0.25) is 0 Å². The molecule has 0 aliphatic carbocycles. The fraction of sp³-hybridized carbons (Fsp3) is 0.391. The Balaban J connectivity index is 1.33. The molecule has 2 aromatic carbocycles. The summed E-state index contributed by atoms with van der Waals surface area (Å²) in [5, 5.41) is 0. The van der Waals surface area contributed by atoms with Gasteiger partial charge in [0, 0.05) is 39.0 Å². The smallest absolute Gasteiger partial charge is 0.223 e. The van der Waals surface area contributed by atoms with Crippen molar-refractivity contribution in [1.29, 1.82) is 0 Å². The molecular weight excluding hydrogens is 371 g/mol. The van der Waals surface area contributed by atoms with E-state index in [1.165, 1.54) is 6.07 Å². The minimum Gasteiger partial charge on any atom is -0.494 e. The minimum atomic E-state index is -0.271. The number of hydrogen-bond acceptors (Lipinski definition) is 3. The second-order valence-electron chi connectivity index (χ2n) is 7.12. The first-order chi connectivity index (χ1) is 14.1. The van der Waals surface area contributed by atoms with E-state index in [0.29, 0.717) is 57.6 Å². The Morgan fingerprint density at radius 2 is 1.41 bits per heavy atom. The highest BCUT2D eigenvalue weighted by atomic mass is 19.1. The Kier molecular flexibility index (Phi) is 7.61. The lowest BCUT2D eigenvalue weighted by Gasteiger charge is -2.35. The first-order valence-corrected chi connectivity index (χ1v) is 10.1. The molecule has 1 fully saturated rings. The second-order valence-corrected chi connectivity index (χ2v) is 7.12. The minimum absolute atomic E-state index is 0.0108. The molecule has 2 amide bonds. The number of ether oxygens (including phenoxy) is 1. The Hall–Kier alpha value is -2.89. The molecule has 1 aliphatic rings. The summed E-state index contributed by atoms with van der Waals surface area (Å²) in [7, 11) is 0. The van der Waals surface area contributed by atoms with Gasteiger partial charge in [0.15, 0.2) is 0 Å². The number of piperazine rings is 1. The van der Waals surface area contributed by atoms with E-state index < -0.39 is 0 Å². The van der Waals surface area contributed by atoms with Crippen molar-refractivity contribution in [1.82, 2.24) is 9.80 Å². The first kappa shape index (κ1) is 20.8. The van der Waals surface area contributed by atoms with Crippen LogP contribution < -0.4 is 4.74 Å². The number of carbonyl (C=O) groups is 2. The summed E-state index contributed by atoms with van der Waals surface area (Å²) in [5.74, 6) is 0.645. The predicted molar refractivity (Wildman–Crippen MR) is 109 cm³/mol. The zero-order chi connectivity index (χ0) is 20.5. The van der Waals surface area contributed by atoms with Crippen molar-refractivity contribution in [3.8, 4) is 5.75 Å². The van der Waals surface area contributed by atoms with E-state index in [9.17, 15) is 14.0 Å². The van der Waals surface area contributed by atoms with Crippen LogP contribution in [0.15, 0.2) is 54.6 Å². The van der Waals surface area contributed by atoms with Gasteiger partial charge in [0.25, 0.3) is 0 Å². The molecule has 29 heavy (non-hydrogen) atoms. The van der Waals surface area contributed by atoms with Crippen LogP contribution in [0.25, 0.3) is 0 Å². The molecule has 0 radical (unpaired) electrons. The van der Waals surface area contributed by atoms with Crippen LogP contribution in [0.1, 0.15) is 24.8 Å². The molecule has 1 saturated heterocycles. The molecule has 0 unspecified atom stereocenters. The molecule has 3 rings (SSSR count). The summed E-state index contributed by atoms with van der Waals surface area (Å²) < 4.78 is 19.3.